The van der Waals surface area contributed by atoms with E-state index in [0.29, 0.717) is 12.3 Å². The Hall–Kier alpha value is 0.790. The SMILES string of the molecule is OC(O)C(Cl)C(Cl)CCCl. The third-order valence-corrected chi connectivity index (χ3v) is 2.38. The molecular formula is C5H9Cl3O2. The van der Waals surface area contributed by atoms with E-state index < -0.39 is 17.0 Å². The molecule has 0 rings (SSSR count). The molecule has 0 aromatic heterocycles. The topological polar surface area (TPSA) is 40.5 Å². The fourth-order valence-corrected chi connectivity index (χ4v) is 1.16. The van der Waals surface area contributed by atoms with E-state index in [-0.39, 0.29) is 0 Å². The first-order chi connectivity index (χ1) is 4.59. The maximum Gasteiger partial charge on any atom is 0.169 e. The maximum atomic E-state index is 8.51. The van der Waals surface area contributed by atoms with Crippen LogP contribution < -0.4 is 0 Å². The van der Waals surface area contributed by atoms with Crippen molar-refractivity contribution < 1.29 is 10.2 Å². The quantitative estimate of drug-likeness (QED) is 0.536. The van der Waals surface area contributed by atoms with Gasteiger partial charge < -0.3 is 10.2 Å². The lowest BCUT2D eigenvalue weighted by molar-refractivity contribution is -0.0422. The molecule has 0 bridgehead atoms. The highest BCUT2D eigenvalue weighted by atomic mass is 35.5. The van der Waals surface area contributed by atoms with Crippen LogP contribution >= 0.6 is 34.8 Å². The Kier molecular flexibility index (Phi) is 5.87. The Balaban J connectivity index is 3.58. The highest BCUT2D eigenvalue weighted by Gasteiger charge is 2.21. The average molecular weight is 207 g/mol. The molecule has 0 amide bonds. The predicted molar refractivity (Wildman–Crippen MR) is 42.8 cm³/mol. The minimum absolute atomic E-state index is 0.365. The summed E-state index contributed by atoms with van der Waals surface area (Å²) in [5.74, 6) is 0.365. The van der Waals surface area contributed by atoms with Gasteiger partial charge in [-0.15, -0.1) is 34.8 Å². The summed E-state index contributed by atoms with van der Waals surface area (Å²) in [6, 6.07) is 0. The van der Waals surface area contributed by atoms with Crippen molar-refractivity contribution in [1.82, 2.24) is 0 Å². The zero-order valence-electron chi connectivity index (χ0n) is 5.17. The van der Waals surface area contributed by atoms with Crippen LogP contribution in [-0.2, 0) is 0 Å². The first-order valence-electron chi connectivity index (χ1n) is 2.80. The molecular weight excluding hydrogens is 198 g/mol. The Bertz CT molecular complexity index is 89.0. The highest BCUT2D eigenvalue weighted by Crippen LogP contribution is 2.16. The summed E-state index contributed by atoms with van der Waals surface area (Å²) in [5, 5.41) is 15.7. The molecule has 0 saturated heterocycles. The van der Waals surface area contributed by atoms with Gasteiger partial charge in [0.15, 0.2) is 6.29 Å². The minimum atomic E-state index is -1.58. The lowest BCUT2D eigenvalue weighted by atomic mass is 10.2. The van der Waals surface area contributed by atoms with Crippen LogP contribution in [0.3, 0.4) is 0 Å². The summed E-state index contributed by atoms with van der Waals surface area (Å²) in [6.45, 7) is 0. The van der Waals surface area contributed by atoms with Gasteiger partial charge in [-0.1, -0.05) is 0 Å². The van der Waals surface area contributed by atoms with Crippen molar-refractivity contribution in [3.05, 3.63) is 0 Å². The molecule has 2 N–H and O–H groups in total. The largest absolute Gasteiger partial charge is 0.367 e. The maximum absolute atomic E-state index is 8.51. The van der Waals surface area contributed by atoms with Gasteiger partial charge in [-0.3, -0.25) is 0 Å². The molecule has 0 fully saturated rings. The van der Waals surface area contributed by atoms with Gasteiger partial charge in [-0.05, 0) is 6.42 Å². The van der Waals surface area contributed by atoms with Crippen LogP contribution in [-0.4, -0.2) is 33.1 Å². The van der Waals surface area contributed by atoms with Crippen molar-refractivity contribution in [2.45, 2.75) is 23.5 Å². The number of aliphatic hydroxyl groups is 2. The molecule has 0 saturated carbocycles. The smallest absolute Gasteiger partial charge is 0.169 e. The molecule has 0 aromatic carbocycles. The number of hydrogen-bond acceptors (Lipinski definition) is 2. The molecule has 5 heteroatoms. The molecule has 0 heterocycles. The molecule has 0 aliphatic carbocycles. The summed E-state index contributed by atoms with van der Waals surface area (Å²) in [6.07, 6.45) is -1.11. The van der Waals surface area contributed by atoms with Gasteiger partial charge in [-0.2, -0.15) is 0 Å². The Morgan fingerprint density at radius 1 is 1.20 bits per heavy atom. The number of rotatable bonds is 4. The normalized spacial score (nSPS) is 17.4. The van der Waals surface area contributed by atoms with E-state index in [0.717, 1.165) is 0 Å². The number of aliphatic hydroxyl groups excluding tert-OH is 1. The molecule has 10 heavy (non-hydrogen) atoms. The molecule has 0 spiro atoms. The summed E-state index contributed by atoms with van der Waals surface area (Å²) < 4.78 is 0. The lowest BCUT2D eigenvalue weighted by Crippen LogP contribution is -2.29. The summed E-state index contributed by atoms with van der Waals surface area (Å²) in [7, 11) is 0. The monoisotopic (exact) mass is 206 g/mol. The van der Waals surface area contributed by atoms with Crippen LogP contribution in [0.4, 0.5) is 0 Å². The van der Waals surface area contributed by atoms with E-state index in [1.807, 2.05) is 0 Å². The Morgan fingerprint density at radius 2 is 1.70 bits per heavy atom. The third-order valence-electron chi connectivity index (χ3n) is 1.02. The molecule has 0 aromatic rings. The molecule has 62 valence electrons. The molecule has 2 unspecified atom stereocenters. The predicted octanol–water partition coefficient (Wildman–Crippen LogP) is 1.14. The van der Waals surface area contributed by atoms with E-state index in [4.69, 9.17) is 45.0 Å². The van der Waals surface area contributed by atoms with Crippen molar-refractivity contribution in [1.29, 1.82) is 0 Å². The van der Waals surface area contributed by atoms with Gasteiger partial charge in [0, 0.05) is 5.88 Å². The van der Waals surface area contributed by atoms with Gasteiger partial charge in [0.25, 0.3) is 0 Å². The van der Waals surface area contributed by atoms with E-state index in [2.05, 4.69) is 0 Å². The first kappa shape index (κ1) is 10.8. The molecule has 0 radical (unpaired) electrons. The fraction of sp³-hybridized carbons (Fsp3) is 1.00. The van der Waals surface area contributed by atoms with Crippen molar-refractivity contribution in [2.24, 2.45) is 0 Å². The van der Waals surface area contributed by atoms with Gasteiger partial charge in [0.1, 0.15) is 5.38 Å². The Morgan fingerprint density at radius 3 is 2.00 bits per heavy atom. The number of hydrogen-bond donors (Lipinski definition) is 2. The van der Waals surface area contributed by atoms with Crippen molar-refractivity contribution in [3.8, 4) is 0 Å². The van der Waals surface area contributed by atoms with Crippen LogP contribution in [0.15, 0.2) is 0 Å². The van der Waals surface area contributed by atoms with Gasteiger partial charge in [-0.25, -0.2) is 0 Å². The van der Waals surface area contributed by atoms with Crippen LogP contribution in [0.5, 0.6) is 0 Å². The molecule has 0 aliphatic heterocycles. The first-order valence-corrected chi connectivity index (χ1v) is 4.20. The second kappa shape index (κ2) is 5.44. The van der Waals surface area contributed by atoms with E-state index in [1.54, 1.807) is 0 Å². The summed E-state index contributed by atoms with van der Waals surface area (Å²) in [4.78, 5) is 0. The zero-order chi connectivity index (χ0) is 8.15. The van der Waals surface area contributed by atoms with E-state index in [1.165, 1.54) is 0 Å². The number of alkyl halides is 3. The fourth-order valence-electron chi connectivity index (χ4n) is 0.450. The van der Waals surface area contributed by atoms with Crippen LogP contribution in [0.1, 0.15) is 6.42 Å². The second-order valence-corrected chi connectivity index (χ2v) is 3.29. The zero-order valence-corrected chi connectivity index (χ0v) is 7.44. The van der Waals surface area contributed by atoms with Crippen LogP contribution in [0.25, 0.3) is 0 Å². The van der Waals surface area contributed by atoms with Crippen LogP contribution in [0.2, 0.25) is 0 Å². The van der Waals surface area contributed by atoms with Gasteiger partial charge in [0.05, 0.1) is 5.38 Å². The molecule has 2 atom stereocenters. The minimum Gasteiger partial charge on any atom is -0.367 e. The third kappa shape index (κ3) is 3.84. The standard InChI is InChI=1S/C5H9Cl3O2/c6-2-1-3(7)4(8)5(9)10/h3-5,9-10H,1-2H2. The lowest BCUT2D eigenvalue weighted by Gasteiger charge is -2.15. The number of halogens is 3. The Labute approximate surface area is 74.7 Å². The molecule has 0 aliphatic rings. The van der Waals surface area contributed by atoms with E-state index in [9.17, 15) is 0 Å². The average Bonchev–Trinajstić information content (AvgIpc) is 1.87. The summed E-state index contributed by atoms with van der Waals surface area (Å²) in [5.41, 5.74) is 0. The van der Waals surface area contributed by atoms with Crippen molar-refractivity contribution in [2.75, 3.05) is 5.88 Å². The second-order valence-electron chi connectivity index (χ2n) is 1.85. The molecule has 2 nitrogen and oxygen atoms in total. The summed E-state index contributed by atoms with van der Waals surface area (Å²) >= 11 is 16.4. The van der Waals surface area contributed by atoms with Gasteiger partial charge in [0.2, 0.25) is 0 Å². The van der Waals surface area contributed by atoms with E-state index >= 15 is 0 Å². The highest BCUT2D eigenvalue weighted by molar-refractivity contribution is 6.30. The van der Waals surface area contributed by atoms with Gasteiger partial charge >= 0.3 is 0 Å². The van der Waals surface area contributed by atoms with Crippen molar-refractivity contribution in [3.63, 3.8) is 0 Å². The van der Waals surface area contributed by atoms with Crippen LogP contribution in [0, 0.1) is 0 Å². The van der Waals surface area contributed by atoms with Crippen molar-refractivity contribution >= 4 is 34.8 Å².